The number of nitrogens with one attached hydrogen (secondary N) is 1. The van der Waals surface area contributed by atoms with Gasteiger partial charge in [-0.3, -0.25) is 4.79 Å². The minimum Gasteiger partial charge on any atom is -0.391 e. The van der Waals surface area contributed by atoms with Gasteiger partial charge in [0.25, 0.3) is 5.91 Å². The topological polar surface area (TPSA) is 49.3 Å². The number of hydrogen-bond donors (Lipinski definition) is 2. The van der Waals surface area contributed by atoms with Crippen molar-refractivity contribution < 1.29 is 9.90 Å². The first-order valence-electron chi connectivity index (χ1n) is 5.49. The Morgan fingerprint density at radius 2 is 2.29 bits per heavy atom. The van der Waals surface area contributed by atoms with E-state index in [1.54, 1.807) is 18.2 Å². The first-order chi connectivity index (χ1) is 8.08. The van der Waals surface area contributed by atoms with Gasteiger partial charge < -0.3 is 10.4 Å². The van der Waals surface area contributed by atoms with Gasteiger partial charge in [0.1, 0.15) is 0 Å². The van der Waals surface area contributed by atoms with Crippen LogP contribution in [0.15, 0.2) is 22.7 Å². The number of amides is 1. The van der Waals surface area contributed by atoms with Gasteiger partial charge in [0, 0.05) is 11.0 Å². The summed E-state index contributed by atoms with van der Waals surface area (Å²) in [4.78, 5) is 11.8. The third-order valence-corrected chi connectivity index (χ3v) is 3.63. The number of rotatable bonds is 4. The van der Waals surface area contributed by atoms with E-state index in [-0.39, 0.29) is 12.5 Å². The maximum absolute atomic E-state index is 11.8. The number of benzene rings is 1. The minimum atomic E-state index is -0.440. The van der Waals surface area contributed by atoms with Gasteiger partial charge in [-0.1, -0.05) is 27.5 Å². The predicted octanol–water partition coefficient (Wildman–Crippen LogP) is 2.60. The molecule has 3 nitrogen and oxygen atoms in total. The molecule has 0 aliphatic heterocycles. The molecule has 1 saturated carbocycles. The van der Waals surface area contributed by atoms with Crippen molar-refractivity contribution in [2.45, 2.75) is 18.9 Å². The van der Waals surface area contributed by atoms with Gasteiger partial charge in [-0.2, -0.15) is 0 Å². The molecule has 1 atom stereocenters. The highest BCUT2D eigenvalue weighted by Crippen LogP contribution is 2.32. The summed E-state index contributed by atoms with van der Waals surface area (Å²) in [5, 5.41) is 12.8. The molecule has 0 aromatic heterocycles. The second kappa shape index (κ2) is 5.38. The molecule has 0 spiro atoms. The fourth-order valence-corrected chi connectivity index (χ4v) is 2.18. The van der Waals surface area contributed by atoms with Crippen LogP contribution in [0, 0.1) is 5.92 Å². The van der Waals surface area contributed by atoms with Gasteiger partial charge in [0.15, 0.2) is 0 Å². The fraction of sp³-hybridized carbons (Fsp3) is 0.417. The van der Waals surface area contributed by atoms with Crippen molar-refractivity contribution in [3.05, 3.63) is 33.3 Å². The van der Waals surface area contributed by atoms with Crippen molar-refractivity contribution in [3.8, 4) is 0 Å². The SMILES string of the molecule is O=C(NCC(O)C1CC1)c1cc(Br)ccc1Cl. The van der Waals surface area contributed by atoms with E-state index in [0.717, 1.165) is 17.3 Å². The van der Waals surface area contributed by atoms with Crippen LogP contribution in [0.3, 0.4) is 0 Å². The molecule has 0 radical (unpaired) electrons. The lowest BCUT2D eigenvalue weighted by Crippen LogP contribution is -2.33. The summed E-state index contributed by atoms with van der Waals surface area (Å²) in [5.41, 5.74) is 0.420. The maximum atomic E-state index is 11.8. The van der Waals surface area contributed by atoms with Crippen LogP contribution in [0.4, 0.5) is 0 Å². The normalized spacial score (nSPS) is 16.6. The summed E-state index contributed by atoms with van der Waals surface area (Å²) in [5.74, 6) is 0.101. The fourth-order valence-electron chi connectivity index (χ4n) is 1.61. The summed E-state index contributed by atoms with van der Waals surface area (Å²) < 4.78 is 0.801. The minimum absolute atomic E-state index is 0.254. The Hall–Kier alpha value is -0.580. The predicted molar refractivity (Wildman–Crippen MR) is 70.2 cm³/mol. The van der Waals surface area contributed by atoms with Crippen LogP contribution in [-0.4, -0.2) is 23.7 Å². The molecular formula is C12H13BrClNO2. The molecule has 1 aromatic carbocycles. The first kappa shape index (κ1) is 12.9. The van der Waals surface area contributed by atoms with Gasteiger partial charge in [0.2, 0.25) is 0 Å². The van der Waals surface area contributed by atoms with Gasteiger partial charge in [-0.25, -0.2) is 0 Å². The number of aliphatic hydroxyl groups excluding tert-OH is 1. The Kier molecular flexibility index (Phi) is 4.07. The van der Waals surface area contributed by atoms with Crippen molar-refractivity contribution in [2.24, 2.45) is 5.92 Å². The molecule has 1 aromatic rings. The molecule has 0 saturated heterocycles. The summed E-state index contributed by atoms with van der Waals surface area (Å²) in [6, 6.07) is 5.11. The Labute approximate surface area is 113 Å². The van der Waals surface area contributed by atoms with E-state index in [1.807, 2.05) is 0 Å². The van der Waals surface area contributed by atoms with Crippen molar-refractivity contribution >= 4 is 33.4 Å². The van der Waals surface area contributed by atoms with Crippen LogP contribution >= 0.6 is 27.5 Å². The Bertz CT molecular complexity index is 435. The van der Waals surface area contributed by atoms with Crippen LogP contribution in [0.1, 0.15) is 23.2 Å². The quantitative estimate of drug-likeness (QED) is 0.896. The number of hydrogen-bond acceptors (Lipinski definition) is 2. The molecule has 1 aliphatic carbocycles. The van der Waals surface area contributed by atoms with Crippen LogP contribution < -0.4 is 5.32 Å². The molecule has 5 heteroatoms. The first-order valence-corrected chi connectivity index (χ1v) is 6.66. The third kappa shape index (κ3) is 3.44. The summed E-state index contributed by atoms with van der Waals surface area (Å²) in [6.07, 6.45) is 1.66. The third-order valence-electron chi connectivity index (χ3n) is 2.81. The van der Waals surface area contributed by atoms with Gasteiger partial charge in [0.05, 0.1) is 16.7 Å². The molecule has 92 valence electrons. The second-order valence-electron chi connectivity index (χ2n) is 4.24. The number of aliphatic hydroxyl groups is 1. The van der Waals surface area contributed by atoms with Crippen molar-refractivity contribution in [1.29, 1.82) is 0 Å². The van der Waals surface area contributed by atoms with E-state index >= 15 is 0 Å². The molecule has 1 amide bonds. The van der Waals surface area contributed by atoms with E-state index in [9.17, 15) is 9.90 Å². The lowest BCUT2D eigenvalue weighted by Gasteiger charge is -2.11. The zero-order valence-electron chi connectivity index (χ0n) is 9.12. The molecule has 2 rings (SSSR count). The molecular weight excluding hydrogens is 305 g/mol. The Morgan fingerprint density at radius 1 is 1.59 bits per heavy atom. The molecule has 1 aliphatic rings. The number of carbonyl (C=O) groups is 1. The summed E-state index contributed by atoms with van der Waals surface area (Å²) >= 11 is 9.23. The number of carbonyl (C=O) groups excluding carboxylic acids is 1. The molecule has 1 fully saturated rings. The van der Waals surface area contributed by atoms with Gasteiger partial charge in [-0.05, 0) is 37.0 Å². The second-order valence-corrected chi connectivity index (χ2v) is 5.56. The Balaban J connectivity index is 1.96. The maximum Gasteiger partial charge on any atom is 0.252 e. The molecule has 0 bridgehead atoms. The van der Waals surface area contributed by atoms with Gasteiger partial charge in [-0.15, -0.1) is 0 Å². The van der Waals surface area contributed by atoms with E-state index in [0.29, 0.717) is 16.5 Å². The van der Waals surface area contributed by atoms with Crippen LogP contribution in [0.2, 0.25) is 5.02 Å². The zero-order chi connectivity index (χ0) is 12.4. The number of halogens is 2. The monoisotopic (exact) mass is 317 g/mol. The average Bonchev–Trinajstić information content (AvgIpc) is 3.12. The largest absolute Gasteiger partial charge is 0.391 e. The summed E-state index contributed by atoms with van der Waals surface area (Å²) in [6.45, 7) is 0.284. The lowest BCUT2D eigenvalue weighted by atomic mass is 10.2. The van der Waals surface area contributed by atoms with Crippen LogP contribution in [0.5, 0.6) is 0 Å². The smallest absolute Gasteiger partial charge is 0.252 e. The van der Waals surface area contributed by atoms with E-state index in [1.165, 1.54) is 0 Å². The van der Waals surface area contributed by atoms with Gasteiger partial charge >= 0.3 is 0 Å². The Morgan fingerprint density at radius 3 is 2.94 bits per heavy atom. The lowest BCUT2D eigenvalue weighted by molar-refractivity contribution is 0.0901. The van der Waals surface area contributed by atoms with E-state index < -0.39 is 6.10 Å². The van der Waals surface area contributed by atoms with E-state index in [2.05, 4.69) is 21.2 Å². The highest BCUT2D eigenvalue weighted by Gasteiger charge is 2.29. The molecule has 0 heterocycles. The highest BCUT2D eigenvalue weighted by atomic mass is 79.9. The van der Waals surface area contributed by atoms with Crippen molar-refractivity contribution in [3.63, 3.8) is 0 Å². The standard InChI is InChI=1S/C12H13BrClNO2/c13-8-3-4-10(14)9(5-8)12(17)15-6-11(16)7-1-2-7/h3-5,7,11,16H,1-2,6H2,(H,15,17). The van der Waals surface area contributed by atoms with E-state index in [4.69, 9.17) is 11.6 Å². The summed E-state index contributed by atoms with van der Waals surface area (Å²) in [7, 11) is 0. The van der Waals surface area contributed by atoms with Crippen molar-refractivity contribution in [2.75, 3.05) is 6.54 Å². The van der Waals surface area contributed by atoms with Crippen molar-refractivity contribution in [1.82, 2.24) is 5.32 Å². The van der Waals surface area contributed by atoms with Crippen LogP contribution in [-0.2, 0) is 0 Å². The molecule has 2 N–H and O–H groups in total. The highest BCUT2D eigenvalue weighted by molar-refractivity contribution is 9.10. The average molecular weight is 319 g/mol. The molecule has 1 unspecified atom stereocenters. The zero-order valence-corrected chi connectivity index (χ0v) is 11.5. The molecule has 17 heavy (non-hydrogen) atoms. The van der Waals surface area contributed by atoms with Crippen LogP contribution in [0.25, 0.3) is 0 Å².